The molecule has 120 valence electrons. The maximum absolute atomic E-state index is 13.6. The van der Waals surface area contributed by atoms with Gasteiger partial charge in [-0.15, -0.1) is 0 Å². The molecular weight excluding hydrogens is 291 g/mol. The first-order chi connectivity index (χ1) is 11.1. The topological polar surface area (TPSA) is 41.1 Å². The monoisotopic (exact) mass is 312 g/mol. The van der Waals surface area contributed by atoms with Crippen molar-refractivity contribution in [2.75, 3.05) is 0 Å². The van der Waals surface area contributed by atoms with Gasteiger partial charge in [-0.05, 0) is 37.3 Å². The number of rotatable bonds is 5. The van der Waals surface area contributed by atoms with Crippen molar-refractivity contribution in [2.24, 2.45) is 5.92 Å². The number of carbonyl (C=O) groups is 1. The smallest absolute Gasteiger partial charge is 0.315 e. The van der Waals surface area contributed by atoms with Gasteiger partial charge in [0, 0.05) is 12.1 Å². The molecule has 1 saturated carbocycles. The van der Waals surface area contributed by atoms with E-state index in [2.05, 4.69) is 34.9 Å². The molecule has 3 rings (SSSR count). The summed E-state index contributed by atoms with van der Waals surface area (Å²) in [7, 11) is 0. The maximum atomic E-state index is 13.6. The predicted octanol–water partition coefficient (Wildman–Crippen LogP) is 4.08. The molecule has 0 aliphatic heterocycles. The van der Waals surface area contributed by atoms with Gasteiger partial charge < -0.3 is 10.6 Å². The molecule has 2 N–H and O–H groups in total. The van der Waals surface area contributed by atoms with E-state index in [-0.39, 0.29) is 24.4 Å². The molecule has 2 amide bonds. The van der Waals surface area contributed by atoms with Crippen molar-refractivity contribution in [3.63, 3.8) is 0 Å². The summed E-state index contributed by atoms with van der Waals surface area (Å²) in [5, 5.41) is 5.78. The van der Waals surface area contributed by atoms with Crippen molar-refractivity contribution in [2.45, 2.75) is 32.4 Å². The predicted molar refractivity (Wildman–Crippen MR) is 88.4 cm³/mol. The SMILES string of the molecule is Cc1ccc(C(NC(=O)NCc2ccccc2F)C2CC2)cc1. The molecule has 0 saturated heterocycles. The summed E-state index contributed by atoms with van der Waals surface area (Å²) in [6.45, 7) is 2.23. The minimum atomic E-state index is -0.301. The van der Waals surface area contributed by atoms with Crippen LogP contribution >= 0.6 is 0 Å². The fourth-order valence-corrected chi connectivity index (χ4v) is 2.69. The fourth-order valence-electron chi connectivity index (χ4n) is 2.69. The zero-order valence-electron chi connectivity index (χ0n) is 13.2. The number of urea groups is 1. The van der Waals surface area contributed by atoms with E-state index in [0.717, 1.165) is 18.4 Å². The summed E-state index contributed by atoms with van der Waals surface area (Å²) in [5.41, 5.74) is 2.81. The van der Waals surface area contributed by atoms with Gasteiger partial charge in [-0.1, -0.05) is 48.0 Å². The highest BCUT2D eigenvalue weighted by Gasteiger charge is 2.33. The van der Waals surface area contributed by atoms with Gasteiger partial charge in [-0.2, -0.15) is 0 Å². The summed E-state index contributed by atoms with van der Waals surface area (Å²) in [6, 6.07) is 14.5. The average Bonchev–Trinajstić information content (AvgIpc) is 3.38. The minimum absolute atomic E-state index is 0.0243. The number of halogens is 1. The van der Waals surface area contributed by atoms with Gasteiger partial charge in [0.2, 0.25) is 0 Å². The second-order valence-corrected chi connectivity index (χ2v) is 6.14. The van der Waals surface area contributed by atoms with E-state index in [9.17, 15) is 9.18 Å². The Morgan fingerprint density at radius 3 is 2.52 bits per heavy atom. The molecule has 0 heterocycles. The Bertz CT molecular complexity index is 680. The zero-order valence-corrected chi connectivity index (χ0v) is 13.2. The highest BCUT2D eigenvalue weighted by atomic mass is 19.1. The first kappa shape index (κ1) is 15.5. The van der Waals surface area contributed by atoms with E-state index in [1.54, 1.807) is 18.2 Å². The van der Waals surface area contributed by atoms with Crippen LogP contribution in [0.25, 0.3) is 0 Å². The van der Waals surface area contributed by atoms with Gasteiger partial charge in [0.05, 0.1) is 6.04 Å². The molecule has 1 unspecified atom stereocenters. The van der Waals surface area contributed by atoms with Gasteiger partial charge >= 0.3 is 6.03 Å². The summed E-state index contributed by atoms with van der Waals surface area (Å²) in [6.07, 6.45) is 2.26. The number of amides is 2. The Labute approximate surface area is 135 Å². The third kappa shape index (κ3) is 4.09. The number of aryl methyl sites for hydroxylation is 1. The lowest BCUT2D eigenvalue weighted by Crippen LogP contribution is -2.38. The second kappa shape index (κ2) is 6.82. The molecule has 1 atom stereocenters. The molecule has 2 aromatic rings. The van der Waals surface area contributed by atoms with Gasteiger partial charge in [-0.3, -0.25) is 0 Å². The second-order valence-electron chi connectivity index (χ2n) is 6.14. The first-order valence-electron chi connectivity index (χ1n) is 7.98. The Balaban J connectivity index is 1.61. The average molecular weight is 312 g/mol. The lowest BCUT2D eigenvalue weighted by atomic mass is 10.0. The van der Waals surface area contributed by atoms with Crippen molar-refractivity contribution in [3.05, 3.63) is 71.0 Å². The molecule has 0 aromatic heterocycles. The first-order valence-corrected chi connectivity index (χ1v) is 7.98. The van der Waals surface area contributed by atoms with E-state index in [1.807, 2.05) is 6.92 Å². The Morgan fingerprint density at radius 1 is 1.17 bits per heavy atom. The van der Waals surface area contributed by atoms with E-state index in [4.69, 9.17) is 0 Å². The van der Waals surface area contributed by atoms with E-state index < -0.39 is 0 Å². The highest BCUT2D eigenvalue weighted by Crippen LogP contribution is 2.40. The van der Waals surface area contributed by atoms with Crippen molar-refractivity contribution in [1.29, 1.82) is 0 Å². The number of benzene rings is 2. The number of hydrogen-bond donors (Lipinski definition) is 2. The zero-order chi connectivity index (χ0) is 16.2. The molecule has 2 aromatic carbocycles. The van der Waals surface area contributed by atoms with Crippen molar-refractivity contribution >= 4 is 6.03 Å². The lowest BCUT2D eigenvalue weighted by molar-refractivity contribution is 0.235. The third-order valence-electron chi connectivity index (χ3n) is 4.21. The van der Waals surface area contributed by atoms with Crippen LogP contribution in [0.4, 0.5) is 9.18 Å². The van der Waals surface area contributed by atoms with Crippen LogP contribution in [0.15, 0.2) is 48.5 Å². The van der Waals surface area contributed by atoms with Crippen molar-refractivity contribution in [1.82, 2.24) is 10.6 Å². The van der Waals surface area contributed by atoms with Crippen LogP contribution in [0, 0.1) is 18.7 Å². The van der Waals surface area contributed by atoms with E-state index in [0.29, 0.717) is 11.5 Å². The molecule has 0 radical (unpaired) electrons. The Morgan fingerprint density at radius 2 is 1.87 bits per heavy atom. The molecule has 3 nitrogen and oxygen atoms in total. The van der Waals surface area contributed by atoms with Crippen molar-refractivity contribution < 1.29 is 9.18 Å². The van der Waals surface area contributed by atoms with Crippen LogP contribution in [-0.2, 0) is 6.54 Å². The van der Waals surface area contributed by atoms with E-state index >= 15 is 0 Å². The van der Waals surface area contributed by atoms with E-state index in [1.165, 1.54) is 11.6 Å². The fraction of sp³-hybridized carbons (Fsp3) is 0.316. The Hall–Kier alpha value is -2.36. The third-order valence-corrected chi connectivity index (χ3v) is 4.21. The highest BCUT2D eigenvalue weighted by molar-refractivity contribution is 5.74. The van der Waals surface area contributed by atoms with Gasteiger partial charge in [0.15, 0.2) is 0 Å². The van der Waals surface area contributed by atoms with Crippen LogP contribution in [0.3, 0.4) is 0 Å². The summed E-state index contributed by atoms with van der Waals surface area (Å²) >= 11 is 0. The number of nitrogens with one attached hydrogen (secondary N) is 2. The molecule has 0 bridgehead atoms. The minimum Gasteiger partial charge on any atom is -0.334 e. The van der Waals surface area contributed by atoms with Crippen LogP contribution < -0.4 is 10.6 Å². The molecule has 4 heteroatoms. The van der Waals surface area contributed by atoms with Crippen LogP contribution in [0.1, 0.15) is 35.6 Å². The molecule has 0 spiro atoms. The standard InChI is InChI=1S/C19H21FN2O/c1-13-6-8-14(9-7-13)18(15-10-11-15)22-19(23)21-12-16-4-2-3-5-17(16)20/h2-9,15,18H,10-12H2,1H3,(H2,21,22,23). The van der Waals surface area contributed by atoms with Gasteiger partial charge in [-0.25, -0.2) is 9.18 Å². The normalized spacial score (nSPS) is 15.0. The molecule has 1 fully saturated rings. The molecular formula is C19H21FN2O. The van der Waals surface area contributed by atoms with Gasteiger partial charge in [0.25, 0.3) is 0 Å². The molecule has 1 aliphatic carbocycles. The molecule has 23 heavy (non-hydrogen) atoms. The lowest BCUT2D eigenvalue weighted by Gasteiger charge is -2.19. The van der Waals surface area contributed by atoms with Crippen LogP contribution in [0.2, 0.25) is 0 Å². The summed E-state index contributed by atoms with van der Waals surface area (Å²) in [5.74, 6) is 0.196. The maximum Gasteiger partial charge on any atom is 0.315 e. The quantitative estimate of drug-likeness (QED) is 0.858. The molecule has 1 aliphatic rings. The number of carbonyl (C=O) groups excluding carboxylic acids is 1. The van der Waals surface area contributed by atoms with Crippen LogP contribution in [0.5, 0.6) is 0 Å². The summed E-state index contributed by atoms with van der Waals surface area (Å²) < 4.78 is 13.6. The summed E-state index contributed by atoms with van der Waals surface area (Å²) in [4.78, 5) is 12.2. The van der Waals surface area contributed by atoms with Gasteiger partial charge in [0.1, 0.15) is 5.82 Å². The van der Waals surface area contributed by atoms with Crippen LogP contribution in [-0.4, -0.2) is 6.03 Å². The Kier molecular flexibility index (Phi) is 4.60. The number of hydrogen-bond acceptors (Lipinski definition) is 1. The van der Waals surface area contributed by atoms with Crippen molar-refractivity contribution in [3.8, 4) is 0 Å². The largest absolute Gasteiger partial charge is 0.334 e.